The van der Waals surface area contributed by atoms with E-state index in [9.17, 15) is 14.0 Å². The number of benzene rings is 1. The molecule has 0 heterocycles. The third kappa shape index (κ3) is 5.41. The van der Waals surface area contributed by atoms with Crippen LogP contribution < -0.4 is 10.6 Å². The van der Waals surface area contributed by atoms with Gasteiger partial charge in [-0.15, -0.1) is 0 Å². The molecule has 2 amide bonds. The van der Waals surface area contributed by atoms with Crippen molar-refractivity contribution in [2.24, 2.45) is 0 Å². The van der Waals surface area contributed by atoms with Gasteiger partial charge in [0.2, 0.25) is 0 Å². The predicted molar refractivity (Wildman–Crippen MR) is 69.9 cm³/mol. The SMILES string of the molecule is O=C(NCCC(O)C(=O)O)NCc1ccc(F)c(Cl)c1. The highest BCUT2D eigenvalue weighted by Crippen LogP contribution is 2.15. The van der Waals surface area contributed by atoms with Gasteiger partial charge in [0.15, 0.2) is 6.10 Å². The van der Waals surface area contributed by atoms with E-state index in [0.29, 0.717) is 5.56 Å². The van der Waals surface area contributed by atoms with Crippen LogP contribution in [0.25, 0.3) is 0 Å². The van der Waals surface area contributed by atoms with Gasteiger partial charge in [-0.2, -0.15) is 0 Å². The van der Waals surface area contributed by atoms with Crippen molar-refractivity contribution in [3.8, 4) is 0 Å². The summed E-state index contributed by atoms with van der Waals surface area (Å²) < 4.78 is 12.9. The Bertz CT molecular complexity index is 498. The van der Waals surface area contributed by atoms with Gasteiger partial charge in [0, 0.05) is 19.5 Å². The molecule has 0 spiro atoms. The average Bonchev–Trinajstić information content (AvgIpc) is 2.40. The lowest BCUT2D eigenvalue weighted by atomic mass is 10.2. The first-order valence-electron chi connectivity index (χ1n) is 5.76. The summed E-state index contributed by atoms with van der Waals surface area (Å²) in [4.78, 5) is 21.7. The van der Waals surface area contributed by atoms with E-state index >= 15 is 0 Å². The van der Waals surface area contributed by atoms with E-state index in [2.05, 4.69) is 10.6 Å². The zero-order valence-electron chi connectivity index (χ0n) is 10.4. The molecule has 0 aliphatic rings. The summed E-state index contributed by atoms with van der Waals surface area (Å²) >= 11 is 5.59. The molecule has 0 saturated heterocycles. The zero-order valence-corrected chi connectivity index (χ0v) is 11.2. The van der Waals surface area contributed by atoms with E-state index in [1.165, 1.54) is 18.2 Å². The number of carbonyl (C=O) groups excluding carboxylic acids is 1. The molecule has 1 unspecified atom stereocenters. The molecule has 0 aliphatic carbocycles. The summed E-state index contributed by atoms with van der Waals surface area (Å²) in [5, 5.41) is 22.2. The van der Waals surface area contributed by atoms with E-state index < -0.39 is 23.9 Å². The molecule has 0 saturated carbocycles. The number of nitrogens with one attached hydrogen (secondary N) is 2. The second-order valence-electron chi connectivity index (χ2n) is 4.00. The fourth-order valence-corrected chi connectivity index (χ4v) is 1.54. The average molecular weight is 305 g/mol. The molecule has 0 radical (unpaired) electrons. The maximum atomic E-state index is 12.9. The van der Waals surface area contributed by atoms with E-state index in [1.807, 2.05) is 0 Å². The number of carboxylic acids is 1. The smallest absolute Gasteiger partial charge is 0.332 e. The normalized spacial score (nSPS) is 11.8. The minimum Gasteiger partial charge on any atom is -0.479 e. The van der Waals surface area contributed by atoms with Crippen LogP contribution in [-0.2, 0) is 11.3 Å². The maximum Gasteiger partial charge on any atom is 0.332 e. The Labute approximate surface area is 119 Å². The summed E-state index contributed by atoms with van der Waals surface area (Å²) in [6.07, 6.45) is -1.60. The molecule has 1 aromatic rings. The first-order chi connectivity index (χ1) is 9.40. The standard InChI is InChI=1S/C12H14ClFN2O4/c13-8-5-7(1-2-9(8)14)6-16-12(20)15-4-3-10(17)11(18)19/h1-2,5,10,17H,3-4,6H2,(H,18,19)(H2,15,16,20). The Hall–Kier alpha value is -1.86. The second kappa shape index (κ2) is 7.66. The molecule has 0 aromatic heterocycles. The fraction of sp³-hybridized carbons (Fsp3) is 0.333. The van der Waals surface area contributed by atoms with Crippen molar-refractivity contribution in [1.82, 2.24) is 10.6 Å². The predicted octanol–water partition coefficient (Wildman–Crippen LogP) is 1.11. The summed E-state index contributed by atoms with van der Waals surface area (Å²) in [5.74, 6) is -1.88. The summed E-state index contributed by atoms with van der Waals surface area (Å²) in [5.41, 5.74) is 0.622. The van der Waals surface area contributed by atoms with E-state index in [4.69, 9.17) is 21.8 Å². The number of aliphatic hydroxyl groups is 1. The molecule has 4 N–H and O–H groups in total. The van der Waals surface area contributed by atoms with Gasteiger partial charge in [0.05, 0.1) is 5.02 Å². The Morgan fingerprint density at radius 1 is 1.35 bits per heavy atom. The van der Waals surface area contributed by atoms with Gasteiger partial charge < -0.3 is 20.8 Å². The molecule has 0 aliphatic heterocycles. The van der Waals surface area contributed by atoms with Crippen molar-refractivity contribution in [2.45, 2.75) is 19.1 Å². The number of amides is 2. The molecule has 8 heteroatoms. The quantitative estimate of drug-likeness (QED) is 0.633. The van der Waals surface area contributed by atoms with Crippen molar-refractivity contribution in [2.75, 3.05) is 6.54 Å². The number of hydrogen-bond donors (Lipinski definition) is 4. The molecule has 0 fully saturated rings. The van der Waals surface area contributed by atoms with Crippen LogP contribution in [0.2, 0.25) is 5.02 Å². The number of rotatable bonds is 6. The van der Waals surface area contributed by atoms with Gasteiger partial charge in [0.1, 0.15) is 5.82 Å². The van der Waals surface area contributed by atoms with Crippen LogP contribution in [0.5, 0.6) is 0 Å². The highest BCUT2D eigenvalue weighted by molar-refractivity contribution is 6.30. The minimum absolute atomic E-state index is 0.0173. The molecule has 0 bridgehead atoms. The van der Waals surface area contributed by atoms with Crippen LogP contribution >= 0.6 is 11.6 Å². The lowest BCUT2D eigenvalue weighted by Crippen LogP contribution is -2.37. The van der Waals surface area contributed by atoms with Crippen LogP contribution in [0.4, 0.5) is 9.18 Å². The molecule has 1 rings (SSSR count). The Balaban J connectivity index is 2.29. The van der Waals surface area contributed by atoms with Gasteiger partial charge in [-0.1, -0.05) is 17.7 Å². The number of halogens is 2. The van der Waals surface area contributed by atoms with Gasteiger partial charge >= 0.3 is 12.0 Å². The zero-order chi connectivity index (χ0) is 15.1. The number of hydrogen-bond acceptors (Lipinski definition) is 3. The third-order valence-corrected chi connectivity index (χ3v) is 2.72. The summed E-state index contributed by atoms with van der Waals surface area (Å²) in [6.45, 7) is 0.163. The lowest BCUT2D eigenvalue weighted by Gasteiger charge is -2.09. The topological polar surface area (TPSA) is 98.7 Å². The van der Waals surface area contributed by atoms with Gasteiger partial charge in [-0.3, -0.25) is 0 Å². The first kappa shape index (κ1) is 16.2. The molecule has 6 nitrogen and oxygen atoms in total. The molecular weight excluding hydrogens is 291 g/mol. The van der Waals surface area contributed by atoms with Gasteiger partial charge in [-0.25, -0.2) is 14.0 Å². The van der Waals surface area contributed by atoms with Crippen molar-refractivity contribution < 1.29 is 24.2 Å². The van der Waals surface area contributed by atoms with Crippen LogP contribution in [-0.4, -0.2) is 34.9 Å². The van der Waals surface area contributed by atoms with E-state index in [-0.39, 0.29) is 24.5 Å². The maximum absolute atomic E-state index is 12.9. The van der Waals surface area contributed by atoms with Gasteiger partial charge in [0.25, 0.3) is 0 Å². The molecule has 20 heavy (non-hydrogen) atoms. The largest absolute Gasteiger partial charge is 0.479 e. The molecule has 110 valence electrons. The van der Waals surface area contributed by atoms with Crippen molar-refractivity contribution in [3.05, 3.63) is 34.6 Å². The van der Waals surface area contributed by atoms with Crippen molar-refractivity contribution >= 4 is 23.6 Å². The monoisotopic (exact) mass is 304 g/mol. The Morgan fingerprint density at radius 3 is 2.65 bits per heavy atom. The van der Waals surface area contributed by atoms with Gasteiger partial charge in [-0.05, 0) is 17.7 Å². The second-order valence-corrected chi connectivity index (χ2v) is 4.41. The fourth-order valence-electron chi connectivity index (χ4n) is 1.34. The number of urea groups is 1. The lowest BCUT2D eigenvalue weighted by molar-refractivity contribution is -0.146. The van der Waals surface area contributed by atoms with Crippen molar-refractivity contribution in [1.29, 1.82) is 0 Å². The van der Waals surface area contributed by atoms with Crippen LogP contribution in [0.1, 0.15) is 12.0 Å². The highest BCUT2D eigenvalue weighted by atomic mass is 35.5. The molecule has 1 aromatic carbocycles. The first-order valence-corrected chi connectivity index (χ1v) is 6.14. The summed E-state index contributed by atoms with van der Waals surface area (Å²) in [6, 6.07) is 3.55. The van der Waals surface area contributed by atoms with Crippen molar-refractivity contribution in [3.63, 3.8) is 0 Å². The number of aliphatic hydroxyl groups excluding tert-OH is 1. The number of carboxylic acid groups (broad SMARTS) is 1. The molecular formula is C12H14ClFN2O4. The third-order valence-electron chi connectivity index (χ3n) is 2.43. The highest BCUT2D eigenvalue weighted by Gasteiger charge is 2.12. The molecule has 1 atom stereocenters. The minimum atomic E-state index is -1.51. The number of carbonyl (C=O) groups is 2. The Morgan fingerprint density at radius 2 is 2.05 bits per heavy atom. The van der Waals surface area contributed by atoms with Crippen LogP contribution in [0, 0.1) is 5.82 Å². The number of aliphatic carboxylic acids is 1. The van der Waals surface area contributed by atoms with E-state index in [1.54, 1.807) is 0 Å². The summed E-state index contributed by atoms with van der Waals surface area (Å²) in [7, 11) is 0. The van der Waals surface area contributed by atoms with Crippen LogP contribution in [0.3, 0.4) is 0 Å². The van der Waals surface area contributed by atoms with E-state index in [0.717, 1.165) is 0 Å². The Kier molecular flexibility index (Phi) is 6.20. The van der Waals surface area contributed by atoms with Crippen LogP contribution in [0.15, 0.2) is 18.2 Å².